The highest BCUT2D eigenvalue weighted by Crippen LogP contribution is 2.11. The Bertz CT molecular complexity index is 543. The number of pyridine rings is 1. The molecule has 0 atom stereocenters. The summed E-state index contributed by atoms with van der Waals surface area (Å²) < 4.78 is 1.62. The molecule has 0 unspecified atom stereocenters. The molecule has 0 aliphatic heterocycles. The van der Waals surface area contributed by atoms with Crippen molar-refractivity contribution >= 4 is 5.78 Å². The van der Waals surface area contributed by atoms with E-state index < -0.39 is 0 Å². The summed E-state index contributed by atoms with van der Waals surface area (Å²) in [6.07, 6.45) is 1.75. The molecule has 0 aromatic carbocycles. The summed E-state index contributed by atoms with van der Waals surface area (Å²) in [5, 5.41) is 4.09. The van der Waals surface area contributed by atoms with E-state index in [2.05, 4.69) is 10.1 Å². The third kappa shape index (κ3) is 1.86. The molecule has 0 fully saturated rings. The molecule has 0 saturated carbocycles. The van der Waals surface area contributed by atoms with Gasteiger partial charge in [0, 0.05) is 30.2 Å². The number of ketones is 1. The van der Waals surface area contributed by atoms with Gasteiger partial charge in [0.25, 0.3) is 0 Å². The van der Waals surface area contributed by atoms with Crippen LogP contribution in [-0.4, -0.2) is 20.5 Å². The summed E-state index contributed by atoms with van der Waals surface area (Å²) in [5.41, 5.74) is 2.73. The number of nitrogens with zero attached hydrogens (tertiary/aromatic N) is 3. The predicted octanol–water partition coefficient (Wildman–Crippen LogP) is 1.66. The number of carbonyl (C=O) groups is 1. The largest absolute Gasteiger partial charge is 0.287 e. The minimum Gasteiger partial charge on any atom is -0.287 e. The number of rotatable bonds is 2. The average molecular weight is 215 g/mol. The van der Waals surface area contributed by atoms with E-state index in [0.717, 1.165) is 11.4 Å². The quantitative estimate of drug-likeness (QED) is 0.716. The van der Waals surface area contributed by atoms with Crippen molar-refractivity contribution < 1.29 is 4.79 Å². The molecule has 2 aromatic heterocycles. The van der Waals surface area contributed by atoms with Crippen LogP contribution in [0.1, 0.15) is 27.4 Å². The second kappa shape index (κ2) is 3.89. The minimum absolute atomic E-state index is 0.0781. The van der Waals surface area contributed by atoms with Crippen LogP contribution in [0.15, 0.2) is 24.4 Å². The molecule has 0 amide bonds. The molecule has 4 nitrogen and oxygen atoms in total. The second-order valence-corrected chi connectivity index (χ2v) is 3.79. The fourth-order valence-corrected chi connectivity index (χ4v) is 1.60. The van der Waals surface area contributed by atoms with Crippen molar-refractivity contribution in [2.75, 3.05) is 0 Å². The van der Waals surface area contributed by atoms with Crippen LogP contribution in [0.25, 0.3) is 0 Å². The van der Waals surface area contributed by atoms with Gasteiger partial charge in [0.15, 0.2) is 0 Å². The topological polar surface area (TPSA) is 47.8 Å². The van der Waals surface area contributed by atoms with Crippen molar-refractivity contribution in [1.82, 2.24) is 14.8 Å². The molecule has 0 radical (unpaired) electrons. The molecule has 2 heterocycles. The second-order valence-electron chi connectivity index (χ2n) is 3.79. The lowest BCUT2D eigenvalue weighted by Gasteiger charge is -2.02. The van der Waals surface area contributed by atoms with Gasteiger partial charge in [-0.15, -0.1) is 0 Å². The van der Waals surface area contributed by atoms with Crippen LogP contribution in [0.2, 0.25) is 0 Å². The fourth-order valence-electron chi connectivity index (χ4n) is 1.60. The first-order valence-corrected chi connectivity index (χ1v) is 5.06. The van der Waals surface area contributed by atoms with Crippen LogP contribution >= 0.6 is 0 Å². The van der Waals surface area contributed by atoms with E-state index in [1.807, 2.05) is 19.9 Å². The standard InChI is InChI=1S/C12H13N3O/c1-8-4-5-10(9(2)13-8)12(16)11-6-7-15(3)14-11/h4-7H,1-3H3. The van der Waals surface area contributed by atoms with E-state index in [0.29, 0.717) is 11.3 Å². The zero-order valence-electron chi connectivity index (χ0n) is 9.56. The Labute approximate surface area is 93.9 Å². The molecule has 82 valence electrons. The van der Waals surface area contributed by atoms with Gasteiger partial charge in [-0.2, -0.15) is 5.10 Å². The summed E-state index contributed by atoms with van der Waals surface area (Å²) >= 11 is 0. The molecule has 0 N–H and O–H groups in total. The molecule has 16 heavy (non-hydrogen) atoms. The lowest BCUT2D eigenvalue weighted by atomic mass is 10.1. The zero-order chi connectivity index (χ0) is 11.7. The molecule has 0 aliphatic carbocycles. The van der Waals surface area contributed by atoms with Gasteiger partial charge in [-0.1, -0.05) is 0 Å². The summed E-state index contributed by atoms with van der Waals surface area (Å²) in [5.74, 6) is -0.0781. The lowest BCUT2D eigenvalue weighted by molar-refractivity contribution is 0.103. The fraction of sp³-hybridized carbons (Fsp3) is 0.250. The van der Waals surface area contributed by atoms with E-state index in [-0.39, 0.29) is 5.78 Å². The lowest BCUT2D eigenvalue weighted by Crippen LogP contribution is -2.07. The number of aryl methyl sites for hydroxylation is 3. The first-order chi connectivity index (χ1) is 7.58. The maximum absolute atomic E-state index is 12.1. The summed E-state index contributed by atoms with van der Waals surface area (Å²) in [4.78, 5) is 16.3. The number of aromatic nitrogens is 3. The number of hydrogen-bond donors (Lipinski definition) is 0. The normalized spacial score (nSPS) is 10.4. The van der Waals surface area contributed by atoms with E-state index >= 15 is 0 Å². The Balaban J connectivity index is 2.41. The van der Waals surface area contributed by atoms with Crippen LogP contribution in [0.4, 0.5) is 0 Å². The van der Waals surface area contributed by atoms with Gasteiger partial charge in [0.05, 0.1) is 0 Å². The van der Waals surface area contributed by atoms with Gasteiger partial charge < -0.3 is 0 Å². The third-order valence-corrected chi connectivity index (χ3v) is 2.42. The van der Waals surface area contributed by atoms with Crippen LogP contribution in [0.3, 0.4) is 0 Å². The van der Waals surface area contributed by atoms with Crippen LogP contribution in [0, 0.1) is 13.8 Å². The molecule has 2 rings (SSSR count). The van der Waals surface area contributed by atoms with Crippen molar-refractivity contribution in [2.24, 2.45) is 7.05 Å². The molecular formula is C12H13N3O. The molecular weight excluding hydrogens is 202 g/mol. The van der Waals surface area contributed by atoms with Crippen molar-refractivity contribution in [3.8, 4) is 0 Å². The van der Waals surface area contributed by atoms with E-state index in [1.165, 1.54) is 0 Å². The van der Waals surface area contributed by atoms with Gasteiger partial charge in [0.1, 0.15) is 5.69 Å². The maximum Gasteiger partial charge on any atom is 0.215 e. The van der Waals surface area contributed by atoms with Gasteiger partial charge >= 0.3 is 0 Å². The van der Waals surface area contributed by atoms with E-state index in [9.17, 15) is 4.79 Å². The number of carbonyl (C=O) groups excluding carboxylic acids is 1. The summed E-state index contributed by atoms with van der Waals surface area (Å²) in [7, 11) is 1.79. The first kappa shape index (κ1) is 10.5. The van der Waals surface area contributed by atoms with Crippen molar-refractivity contribution in [1.29, 1.82) is 0 Å². The molecule has 4 heteroatoms. The zero-order valence-corrected chi connectivity index (χ0v) is 9.56. The van der Waals surface area contributed by atoms with E-state index in [1.54, 1.807) is 30.1 Å². The van der Waals surface area contributed by atoms with Gasteiger partial charge in [0.2, 0.25) is 5.78 Å². The highest BCUT2D eigenvalue weighted by atomic mass is 16.1. The molecule has 2 aromatic rings. The number of hydrogen-bond acceptors (Lipinski definition) is 3. The SMILES string of the molecule is Cc1ccc(C(=O)c2ccn(C)n2)c(C)n1. The average Bonchev–Trinajstić information content (AvgIpc) is 2.64. The predicted molar refractivity (Wildman–Crippen MR) is 60.4 cm³/mol. The van der Waals surface area contributed by atoms with Gasteiger partial charge in [-0.05, 0) is 32.0 Å². The Morgan fingerprint density at radius 1 is 1.25 bits per heavy atom. The van der Waals surface area contributed by atoms with Gasteiger partial charge in [-0.3, -0.25) is 14.5 Å². The third-order valence-electron chi connectivity index (χ3n) is 2.42. The van der Waals surface area contributed by atoms with Crippen molar-refractivity contribution in [2.45, 2.75) is 13.8 Å². The first-order valence-electron chi connectivity index (χ1n) is 5.06. The van der Waals surface area contributed by atoms with E-state index in [4.69, 9.17) is 0 Å². The molecule has 0 spiro atoms. The summed E-state index contributed by atoms with van der Waals surface area (Å²) in [6.45, 7) is 3.74. The molecule has 0 saturated heterocycles. The van der Waals surface area contributed by atoms with Crippen LogP contribution in [-0.2, 0) is 7.05 Å². The monoisotopic (exact) mass is 215 g/mol. The highest BCUT2D eigenvalue weighted by Gasteiger charge is 2.14. The molecule has 0 aliphatic rings. The Morgan fingerprint density at radius 3 is 2.56 bits per heavy atom. The Kier molecular flexibility index (Phi) is 2.56. The maximum atomic E-state index is 12.1. The van der Waals surface area contributed by atoms with Crippen molar-refractivity contribution in [3.05, 3.63) is 47.0 Å². The van der Waals surface area contributed by atoms with Crippen molar-refractivity contribution in [3.63, 3.8) is 0 Å². The highest BCUT2D eigenvalue weighted by molar-refractivity contribution is 6.08. The molecule has 0 bridgehead atoms. The van der Waals surface area contributed by atoms with Crippen LogP contribution in [0.5, 0.6) is 0 Å². The Hall–Kier alpha value is -1.97. The van der Waals surface area contributed by atoms with Gasteiger partial charge in [-0.25, -0.2) is 0 Å². The minimum atomic E-state index is -0.0781. The smallest absolute Gasteiger partial charge is 0.215 e. The summed E-state index contributed by atoms with van der Waals surface area (Å²) in [6, 6.07) is 5.35. The van der Waals surface area contributed by atoms with Crippen LogP contribution < -0.4 is 0 Å². The Morgan fingerprint density at radius 2 is 2.00 bits per heavy atom.